The molecule has 0 aliphatic heterocycles. The average molecular weight is 286 g/mol. The van der Waals surface area contributed by atoms with Crippen molar-refractivity contribution in [2.24, 2.45) is 0 Å². The molecule has 0 aliphatic rings. The van der Waals surface area contributed by atoms with Crippen molar-refractivity contribution in [2.45, 2.75) is 26.4 Å². The summed E-state index contributed by atoms with van der Waals surface area (Å²) < 4.78 is 13.0. The van der Waals surface area contributed by atoms with Gasteiger partial charge in [0.2, 0.25) is 0 Å². The molecule has 2 aromatic rings. The molecule has 0 radical (unpaired) electrons. The van der Waals surface area contributed by atoms with Gasteiger partial charge < -0.3 is 10.2 Å². The van der Waals surface area contributed by atoms with Crippen LogP contribution in [0, 0.1) is 5.82 Å². The second-order valence-corrected chi connectivity index (χ2v) is 5.32. The lowest BCUT2D eigenvalue weighted by Crippen LogP contribution is -2.23. The quantitative estimate of drug-likeness (QED) is 0.859. The first-order valence-corrected chi connectivity index (χ1v) is 7.39. The Morgan fingerprint density at radius 3 is 2.43 bits per heavy atom. The smallest absolute Gasteiger partial charge is 0.123 e. The molecule has 112 valence electrons. The molecule has 0 heterocycles. The maximum absolute atomic E-state index is 13.0. The number of hydrogen-bond acceptors (Lipinski definition) is 2. The number of halogens is 1. The standard InChI is InChI=1S/C18H23FN2/c1-4-20-14(2)17-7-5-6-8-18(17)21(3)13-15-9-11-16(19)12-10-15/h5-12,14,20H,4,13H2,1-3H3. The molecule has 0 saturated carbocycles. The third-order valence-electron chi connectivity index (χ3n) is 3.66. The molecule has 21 heavy (non-hydrogen) atoms. The maximum atomic E-state index is 13.0. The first-order chi connectivity index (χ1) is 10.1. The minimum atomic E-state index is -0.192. The van der Waals surface area contributed by atoms with Gasteiger partial charge in [0.15, 0.2) is 0 Å². The van der Waals surface area contributed by atoms with E-state index in [1.165, 1.54) is 23.4 Å². The Hall–Kier alpha value is -1.87. The van der Waals surface area contributed by atoms with Crippen LogP contribution in [0.15, 0.2) is 48.5 Å². The molecule has 0 aliphatic carbocycles. The first kappa shape index (κ1) is 15.5. The van der Waals surface area contributed by atoms with E-state index in [0.717, 1.165) is 18.7 Å². The van der Waals surface area contributed by atoms with E-state index in [0.29, 0.717) is 6.04 Å². The normalized spacial score (nSPS) is 12.2. The molecule has 3 heteroatoms. The minimum Gasteiger partial charge on any atom is -0.370 e. The van der Waals surface area contributed by atoms with Crippen LogP contribution < -0.4 is 10.2 Å². The van der Waals surface area contributed by atoms with Gasteiger partial charge in [0.05, 0.1) is 0 Å². The van der Waals surface area contributed by atoms with Crippen LogP contribution in [-0.2, 0) is 6.54 Å². The molecule has 0 fully saturated rings. The lowest BCUT2D eigenvalue weighted by Gasteiger charge is -2.25. The second kappa shape index (κ2) is 7.23. The fourth-order valence-electron chi connectivity index (χ4n) is 2.57. The third-order valence-corrected chi connectivity index (χ3v) is 3.66. The van der Waals surface area contributed by atoms with Gasteiger partial charge in [-0.25, -0.2) is 4.39 Å². The Bertz CT molecular complexity index is 566. The summed E-state index contributed by atoms with van der Waals surface area (Å²) in [5.41, 5.74) is 3.59. The summed E-state index contributed by atoms with van der Waals surface area (Å²) in [6.45, 7) is 5.99. The Morgan fingerprint density at radius 1 is 1.10 bits per heavy atom. The molecule has 0 bridgehead atoms. The summed E-state index contributed by atoms with van der Waals surface area (Å²) in [5, 5.41) is 3.45. The number of nitrogens with zero attached hydrogens (tertiary/aromatic N) is 1. The lowest BCUT2D eigenvalue weighted by atomic mass is 10.0. The number of anilines is 1. The van der Waals surface area contributed by atoms with Gasteiger partial charge >= 0.3 is 0 Å². The van der Waals surface area contributed by atoms with Crippen molar-refractivity contribution in [3.63, 3.8) is 0 Å². The van der Waals surface area contributed by atoms with Crippen molar-refractivity contribution in [1.29, 1.82) is 0 Å². The van der Waals surface area contributed by atoms with E-state index in [1.807, 2.05) is 12.1 Å². The van der Waals surface area contributed by atoms with E-state index in [9.17, 15) is 4.39 Å². The third kappa shape index (κ3) is 4.05. The van der Waals surface area contributed by atoms with Crippen LogP contribution in [0.2, 0.25) is 0 Å². The predicted molar refractivity (Wildman–Crippen MR) is 87.0 cm³/mol. The van der Waals surface area contributed by atoms with Crippen LogP contribution in [-0.4, -0.2) is 13.6 Å². The van der Waals surface area contributed by atoms with Crippen LogP contribution in [0.25, 0.3) is 0 Å². The molecule has 2 aromatic carbocycles. The Labute approximate surface area is 126 Å². The Kier molecular flexibility index (Phi) is 5.34. The summed E-state index contributed by atoms with van der Waals surface area (Å²) in [6, 6.07) is 15.4. The van der Waals surface area contributed by atoms with Gasteiger partial charge in [-0.1, -0.05) is 37.3 Å². The molecule has 2 nitrogen and oxygen atoms in total. The van der Waals surface area contributed by atoms with Crippen LogP contribution in [0.3, 0.4) is 0 Å². The molecular formula is C18H23FN2. The SMILES string of the molecule is CCNC(C)c1ccccc1N(C)Cc1ccc(F)cc1. The van der Waals surface area contributed by atoms with Gasteiger partial charge in [0.1, 0.15) is 5.82 Å². The molecule has 2 rings (SSSR count). The fraction of sp³-hybridized carbons (Fsp3) is 0.333. The number of hydrogen-bond donors (Lipinski definition) is 1. The van der Waals surface area contributed by atoms with E-state index in [2.05, 4.69) is 55.4 Å². The van der Waals surface area contributed by atoms with Gasteiger partial charge in [-0.05, 0) is 42.8 Å². The second-order valence-electron chi connectivity index (χ2n) is 5.32. The van der Waals surface area contributed by atoms with E-state index in [1.54, 1.807) is 0 Å². The van der Waals surface area contributed by atoms with Crippen molar-refractivity contribution in [3.8, 4) is 0 Å². The highest BCUT2D eigenvalue weighted by atomic mass is 19.1. The number of rotatable bonds is 6. The minimum absolute atomic E-state index is 0.192. The van der Waals surface area contributed by atoms with Crippen molar-refractivity contribution < 1.29 is 4.39 Å². The van der Waals surface area contributed by atoms with E-state index in [-0.39, 0.29) is 5.82 Å². The van der Waals surface area contributed by atoms with Gasteiger partial charge in [-0.15, -0.1) is 0 Å². The number of para-hydroxylation sites is 1. The molecule has 0 aromatic heterocycles. The van der Waals surface area contributed by atoms with Crippen molar-refractivity contribution in [1.82, 2.24) is 5.32 Å². The predicted octanol–water partition coefficient (Wildman–Crippen LogP) is 4.13. The van der Waals surface area contributed by atoms with Gasteiger partial charge in [-0.3, -0.25) is 0 Å². The first-order valence-electron chi connectivity index (χ1n) is 7.39. The molecule has 0 saturated heterocycles. The number of benzene rings is 2. The van der Waals surface area contributed by atoms with Crippen LogP contribution in [0.1, 0.15) is 31.0 Å². The fourth-order valence-corrected chi connectivity index (χ4v) is 2.57. The average Bonchev–Trinajstić information content (AvgIpc) is 2.50. The summed E-state index contributed by atoms with van der Waals surface area (Å²) in [5.74, 6) is -0.192. The maximum Gasteiger partial charge on any atom is 0.123 e. The van der Waals surface area contributed by atoms with Crippen LogP contribution in [0.4, 0.5) is 10.1 Å². The van der Waals surface area contributed by atoms with Crippen molar-refractivity contribution >= 4 is 5.69 Å². The highest BCUT2D eigenvalue weighted by Gasteiger charge is 2.12. The van der Waals surface area contributed by atoms with Crippen LogP contribution >= 0.6 is 0 Å². The van der Waals surface area contributed by atoms with Crippen molar-refractivity contribution in [2.75, 3.05) is 18.5 Å². The molecule has 0 spiro atoms. The van der Waals surface area contributed by atoms with E-state index < -0.39 is 0 Å². The zero-order valence-electron chi connectivity index (χ0n) is 12.9. The van der Waals surface area contributed by atoms with Gasteiger partial charge in [-0.2, -0.15) is 0 Å². The zero-order chi connectivity index (χ0) is 15.2. The monoisotopic (exact) mass is 286 g/mol. The summed E-state index contributed by atoms with van der Waals surface area (Å²) >= 11 is 0. The van der Waals surface area contributed by atoms with Crippen LogP contribution in [0.5, 0.6) is 0 Å². The van der Waals surface area contributed by atoms with E-state index >= 15 is 0 Å². The Morgan fingerprint density at radius 2 is 1.76 bits per heavy atom. The molecule has 0 amide bonds. The summed E-state index contributed by atoms with van der Waals surface area (Å²) in [7, 11) is 2.07. The molecule has 1 unspecified atom stereocenters. The highest BCUT2D eigenvalue weighted by Crippen LogP contribution is 2.26. The largest absolute Gasteiger partial charge is 0.370 e. The molecular weight excluding hydrogens is 263 g/mol. The zero-order valence-corrected chi connectivity index (χ0v) is 12.9. The van der Waals surface area contributed by atoms with Gasteiger partial charge in [0, 0.05) is 25.3 Å². The van der Waals surface area contributed by atoms with Crippen molar-refractivity contribution in [3.05, 3.63) is 65.5 Å². The summed E-state index contributed by atoms with van der Waals surface area (Å²) in [4.78, 5) is 2.20. The number of nitrogens with one attached hydrogen (secondary N) is 1. The molecule has 1 atom stereocenters. The Balaban J connectivity index is 2.18. The lowest BCUT2D eigenvalue weighted by molar-refractivity contribution is 0.596. The highest BCUT2D eigenvalue weighted by molar-refractivity contribution is 5.54. The molecule has 1 N–H and O–H groups in total. The van der Waals surface area contributed by atoms with Gasteiger partial charge in [0.25, 0.3) is 0 Å². The topological polar surface area (TPSA) is 15.3 Å². The van der Waals surface area contributed by atoms with E-state index in [4.69, 9.17) is 0 Å². The summed E-state index contributed by atoms with van der Waals surface area (Å²) in [6.07, 6.45) is 0.